The number of aliphatic hydroxyl groups excluding tert-OH is 1. The first-order valence-electron chi connectivity index (χ1n) is 5.59. The Hall–Kier alpha value is -1.79. The molecule has 6 heteroatoms. The molecule has 0 heterocycles. The molecule has 0 aromatic heterocycles. The number of hydrogen-bond acceptors (Lipinski definition) is 6. The molecule has 0 saturated carbocycles. The number of esters is 1. The molecule has 0 aliphatic carbocycles. The molecule has 0 saturated heterocycles. The Kier molecular flexibility index (Phi) is 5.59. The molecule has 1 atom stereocenters. The van der Waals surface area contributed by atoms with Crippen molar-refractivity contribution in [3.05, 3.63) is 23.3 Å². The molecule has 1 rings (SSSR count). The summed E-state index contributed by atoms with van der Waals surface area (Å²) in [7, 11) is 5.63. The third-order valence-electron chi connectivity index (χ3n) is 2.66. The molecule has 0 bridgehead atoms. The lowest BCUT2D eigenvalue weighted by atomic mass is 10.0. The van der Waals surface area contributed by atoms with E-state index in [0.717, 1.165) is 0 Å². The number of hydrogen-bond donors (Lipinski definition) is 1. The van der Waals surface area contributed by atoms with Gasteiger partial charge in [-0.15, -0.1) is 0 Å². The fraction of sp³-hybridized carbons (Fsp3) is 0.462. The maximum atomic E-state index is 11.5. The van der Waals surface area contributed by atoms with E-state index >= 15 is 0 Å². The van der Waals surface area contributed by atoms with Crippen LogP contribution in [0.1, 0.15) is 17.2 Å². The highest BCUT2D eigenvalue weighted by Crippen LogP contribution is 2.37. The van der Waals surface area contributed by atoms with Crippen LogP contribution in [-0.2, 0) is 20.9 Å². The van der Waals surface area contributed by atoms with Gasteiger partial charge in [0.05, 0.1) is 33.5 Å². The SMILES string of the molecule is COCc1ccc(OC)c(C(O)C(=O)OC)c1OC. The van der Waals surface area contributed by atoms with Crippen LogP contribution in [-0.4, -0.2) is 39.5 Å². The molecule has 1 aromatic carbocycles. The smallest absolute Gasteiger partial charge is 0.339 e. The molecule has 6 nitrogen and oxygen atoms in total. The third-order valence-corrected chi connectivity index (χ3v) is 2.66. The van der Waals surface area contributed by atoms with E-state index in [1.165, 1.54) is 21.3 Å². The van der Waals surface area contributed by atoms with Crippen molar-refractivity contribution in [3.63, 3.8) is 0 Å². The minimum atomic E-state index is -1.48. The van der Waals surface area contributed by atoms with Gasteiger partial charge in [-0.2, -0.15) is 0 Å². The third kappa shape index (κ3) is 3.15. The van der Waals surface area contributed by atoms with Crippen LogP contribution in [0.25, 0.3) is 0 Å². The van der Waals surface area contributed by atoms with Crippen molar-refractivity contribution in [2.45, 2.75) is 12.7 Å². The van der Waals surface area contributed by atoms with Crippen molar-refractivity contribution in [2.24, 2.45) is 0 Å². The van der Waals surface area contributed by atoms with E-state index in [-0.39, 0.29) is 12.2 Å². The first kappa shape index (κ1) is 15.3. The molecule has 1 N–H and O–H groups in total. The monoisotopic (exact) mass is 270 g/mol. The minimum absolute atomic E-state index is 0.228. The molecular weight excluding hydrogens is 252 g/mol. The zero-order valence-corrected chi connectivity index (χ0v) is 11.4. The second kappa shape index (κ2) is 6.96. The second-order valence-electron chi connectivity index (χ2n) is 3.73. The number of benzene rings is 1. The summed E-state index contributed by atoms with van der Waals surface area (Å²) in [6, 6.07) is 3.38. The van der Waals surface area contributed by atoms with Gasteiger partial charge in [-0.25, -0.2) is 4.79 Å². The van der Waals surface area contributed by atoms with Gasteiger partial charge in [0.25, 0.3) is 0 Å². The minimum Gasteiger partial charge on any atom is -0.496 e. The van der Waals surface area contributed by atoms with Crippen LogP contribution in [0.3, 0.4) is 0 Å². The normalized spacial score (nSPS) is 11.8. The fourth-order valence-electron chi connectivity index (χ4n) is 1.80. The average Bonchev–Trinajstić information content (AvgIpc) is 2.45. The quantitative estimate of drug-likeness (QED) is 0.779. The van der Waals surface area contributed by atoms with Crippen molar-refractivity contribution in [1.29, 1.82) is 0 Å². The van der Waals surface area contributed by atoms with Gasteiger partial charge in [-0.1, -0.05) is 0 Å². The van der Waals surface area contributed by atoms with E-state index in [0.29, 0.717) is 17.1 Å². The predicted molar refractivity (Wildman–Crippen MR) is 67.2 cm³/mol. The molecule has 106 valence electrons. The highest BCUT2D eigenvalue weighted by molar-refractivity contribution is 5.79. The number of aliphatic hydroxyl groups is 1. The van der Waals surface area contributed by atoms with Crippen LogP contribution < -0.4 is 9.47 Å². The Morgan fingerprint density at radius 2 is 1.89 bits per heavy atom. The number of methoxy groups -OCH3 is 4. The number of carbonyl (C=O) groups is 1. The van der Waals surface area contributed by atoms with E-state index in [9.17, 15) is 9.90 Å². The molecular formula is C13H18O6. The number of rotatable bonds is 6. The first-order valence-corrected chi connectivity index (χ1v) is 5.59. The van der Waals surface area contributed by atoms with Crippen molar-refractivity contribution in [3.8, 4) is 11.5 Å². The summed E-state index contributed by atoms with van der Waals surface area (Å²) >= 11 is 0. The molecule has 0 radical (unpaired) electrons. The molecule has 19 heavy (non-hydrogen) atoms. The van der Waals surface area contributed by atoms with Gasteiger partial charge in [0.1, 0.15) is 11.5 Å². The molecule has 0 spiro atoms. The van der Waals surface area contributed by atoms with Crippen LogP contribution in [0, 0.1) is 0 Å². The highest BCUT2D eigenvalue weighted by atomic mass is 16.5. The number of carbonyl (C=O) groups excluding carboxylic acids is 1. The summed E-state index contributed by atoms with van der Waals surface area (Å²) in [5.41, 5.74) is 0.926. The van der Waals surface area contributed by atoms with Gasteiger partial charge in [-0.3, -0.25) is 0 Å². The van der Waals surface area contributed by atoms with Gasteiger partial charge in [0, 0.05) is 12.7 Å². The first-order chi connectivity index (χ1) is 9.10. The Morgan fingerprint density at radius 3 is 2.37 bits per heavy atom. The summed E-state index contributed by atoms with van der Waals surface area (Å²) in [5, 5.41) is 10.0. The lowest BCUT2D eigenvalue weighted by Gasteiger charge is -2.19. The van der Waals surface area contributed by atoms with Crippen molar-refractivity contribution < 1.29 is 28.8 Å². The Morgan fingerprint density at radius 1 is 1.21 bits per heavy atom. The predicted octanol–water partition coefficient (Wildman–Crippen LogP) is 1.06. The topological polar surface area (TPSA) is 74.2 Å². The zero-order valence-electron chi connectivity index (χ0n) is 11.4. The van der Waals surface area contributed by atoms with Gasteiger partial charge >= 0.3 is 5.97 Å². The standard InChI is InChI=1S/C13H18O6/c1-16-7-8-5-6-9(17-2)10(12(8)18-3)11(14)13(15)19-4/h5-6,11,14H,7H2,1-4H3. The summed E-state index contributed by atoms with van der Waals surface area (Å²) < 4.78 is 20.0. The lowest BCUT2D eigenvalue weighted by Crippen LogP contribution is -2.16. The van der Waals surface area contributed by atoms with Gasteiger partial charge < -0.3 is 24.1 Å². The Labute approximate surface area is 111 Å². The summed E-state index contributed by atoms with van der Waals surface area (Å²) in [6.45, 7) is 0.286. The molecule has 0 aliphatic rings. The van der Waals surface area contributed by atoms with Crippen LogP contribution in [0.2, 0.25) is 0 Å². The van der Waals surface area contributed by atoms with Gasteiger partial charge in [0.15, 0.2) is 6.10 Å². The molecule has 0 fully saturated rings. The maximum Gasteiger partial charge on any atom is 0.339 e. The van der Waals surface area contributed by atoms with E-state index in [4.69, 9.17) is 14.2 Å². The van der Waals surface area contributed by atoms with E-state index < -0.39 is 12.1 Å². The summed E-state index contributed by atoms with van der Waals surface area (Å²) in [4.78, 5) is 11.5. The van der Waals surface area contributed by atoms with Crippen LogP contribution in [0.15, 0.2) is 12.1 Å². The molecule has 1 unspecified atom stereocenters. The summed E-state index contributed by atoms with van der Waals surface area (Å²) in [5.74, 6) is -0.0973. The lowest BCUT2D eigenvalue weighted by molar-refractivity contribution is -0.150. The Bertz CT molecular complexity index is 443. The largest absolute Gasteiger partial charge is 0.496 e. The Balaban J connectivity index is 3.38. The van der Waals surface area contributed by atoms with Crippen molar-refractivity contribution in [1.82, 2.24) is 0 Å². The second-order valence-corrected chi connectivity index (χ2v) is 3.73. The van der Waals surface area contributed by atoms with E-state index in [1.807, 2.05) is 0 Å². The summed E-state index contributed by atoms with van der Waals surface area (Å²) in [6.07, 6.45) is -1.48. The van der Waals surface area contributed by atoms with Crippen LogP contribution >= 0.6 is 0 Å². The van der Waals surface area contributed by atoms with E-state index in [2.05, 4.69) is 4.74 Å². The van der Waals surface area contributed by atoms with Crippen molar-refractivity contribution in [2.75, 3.05) is 28.4 Å². The average molecular weight is 270 g/mol. The van der Waals surface area contributed by atoms with Gasteiger partial charge in [-0.05, 0) is 12.1 Å². The maximum absolute atomic E-state index is 11.5. The van der Waals surface area contributed by atoms with Crippen LogP contribution in [0.4, 0.5) is 0 Å². The van der Waals surface area contributed by atoms with Gasteiger partial charge in [0.2, 0.25) is 0 Å². The van der Waals surface area contributed by atoms with Crippen LogP contribution in [0.5, 0.6) is 11.5 Å². The molecule has 0 amide bonds. The number of ether oxygens (including phenoxy) is 4. The molecule has 1 aromatic rings. The zero-order chi connectivity index (χ0) is 14.4. The fourth-order valence-corrected chi connectivity index (χ4v) is 1.80. The molecule has 0 aliphatic heterocycles. The van der Waals surface area contributed by atoms with E-state index in [1.54, 1.807) is 19.2 Å². The highest BCUT2D eigenvalue weighted by Gasteiger charge is 2.27. The van der Waals surface area contributed by atoms with Crippen molar-refractivity contribution >= 4 is 5.97 Å².